The van der Waals surface area contributed by atoms with E-state index in [1.807, 2.05) is 0 Å². The second kappa shape index (κ2) is 6.83. The van der Waals surface area contributed by atoms with E-state index in [-0.39, 0.29) is 10.4 Å². The van der Waals surface area contributed by atoms with E-state index in [2.05, 4.69) is 35.1 Å². The van der Waals surface area contributed by atoms with E-state index >= 15 is 0 Å². The van der Waals surface area contributed by atoms with Crippen molar-refractivity contribution >= 4 is 21.8 Å². The number of hydrogen-bond donors (Lipinski definition) is 1. The van der Waals surface area contributed by atoms with Gasteiger partial charge in [-0.3, -0.25) is 4.79 Å². The molecule has 1 unspecified atom stereocenters. The van der Waals surface area contributed by atoms with Crippen molar-refractivity contribution in [2.45, 2.75) is 25.1 Å². The maximum atomic E-state index is 13.3. The van der Waals surface area contributed by atoms with Crippen LogP contribution < -0.4 is 5.32 Å². The Hall–Kier alpha value is -0.970. The Morgan fingerprint density at radius 3 is 2.67 bits per heavy atom. The molecule has 0 bridgehead atoms. The molecule has 0 aliphatic heterocycles. The van der Waals surface area contributed by atoms with Crippen LogP contribution in [0.3, 0.4) is 0 Å². The summed E-state index contributed by atoms with van der Waals surface area (Å²) in [5, 5.41) is 2.58. The number of carbonyl (C=O) groups excluding carboxylic acids is 1. The summed E-state index contributed by atoms with van der Waals surface area (Å²) in [6.07, 6.45) is 0.895. The molecule has 1 N–H and O–H groups in total. The Morgan fingerprint density at radius 2 is 2.06 bits per heavy atom. The van der Waals surface area contributed by atoms with Gasteiger partial charge in [0.05, 0.1) is 5.56 Å². The first-order valence-corrected chi connectivity index (χ1v) is 6.69. The van der Waals surface area contributed by atoms with Crippen LogP contribution in [0.25, 0.3) is 0 Å². The van der Waals surface area contributed by atoms with Gasteiger partial charge in [-0.25, -0.2) is 8.78 Å². The van der Waals surface area contributed by atoms with Crippen LogP contribution in [0.4, 0.5) is 8.78 Å². The van der Waals surface area contributed by atoms with Gasteiger partial charge in [0.15, 0.2) is 0 Å². The second-order valence-electron chi connectivity index (χ2n) is 4.56. The van der Waals surface area contributed by atoms with Gasteiger partial charge in [0.1, 0.15) is 11.6 Å². The van der Waals surface area contributed by atoms with E-state index in [0.717, 1.165) is 24.6 Å². The first-order chi connectivity index (χ1) is 8.40. The molecule has 0 saturated heterocycles. The highest BCUT2D eigenvalue weighted by molar-refractivity contribution is 9.09. The molecule has 1 aromatic carbocycles. The van der Waals surface area contributed by atoms with Gasteiger partial charge in [-0.1, -0.05) is 29.8 Å². The van der Waals surface area contributed by atoms with Gasteiger partial charge in [-0.15, -0.1) is 0 Å². The minimum absolute atomic E-state index is 0.123. The van der Waals surface area contributed by atoms with Crippen molar-refractivity contribution in [3.05, 3.63) is 35.4 Å². The number of alkyl halides is 1. The zero-order valence-electron chi connectivity index (χ0n) is 10.3. The van der Waals surface area contributed by atoms with E-state index < -0.39 is 17.5 Å². The van der Waals surface area contributed by atoms with E-state index in [4.69, 9.17) is 0 Å². The van der Waals surface area contributed by atoms with Crippen LogP contribution in [0.1, 0.15) is 30.6 Å². The van der Waals surface area contributed by atoms with Crippen molar-refractivity contribution < 1.29 is 13.6 Å². The molecule has 18 heavy (non-hydrogen) atoms. The summed E-state index contributed by atoms with van der Waals surface area (Å²) >= 11 is 3.43. The van der Waals surface area contributed by atoms with E-state index in [0.29, 0.717) is 12.5 Å². The third kappa shape index (κ3) is 4.72. The normalized spacial score (nSPS) is 12.6. The van der Waals surface area contributed by atoms with Crippen molar-refractivity contribution in [2.24, 2.45) is 5.92 Å². The first kappa shape index (κ1) is 15.1. The molecule has 0 radical (unpaired) electrons. The van der Waals surface area contributed by atoms with Gasteiger partial charge in [0.2, 0.25) is 0 Å². The summed E-state index contributed by atoms with van der Waals surface area (Å²) in [5.74, 6) is -1.44. The highest BCUT2D eigenvalue weighted by atomic mass is 79.9. The summed E-state index contributed by atoms with van der Waals surface area (Å²) in [6, 6.07) is 2.83. The van der Waals surface area contributed by atoms with E-state index in [1.54, 1.807) is 0 Å². The van der Waals surface area contributed by atoms with Crippen LogP contribution in [0.5, 0.6) is 0 Å². The van der Waals surface area contributed by atoms with Crippen molar-refractivity contribution in [3.8, 4) is 0 Å². The maximum Gasteiger partial charge on any atom is 0.254 e. The molecule has 1 atom stereocenters. The third-order valence-corrected chi connectivity index (χ3v) is 3.08. The van der Waals surface area contributed by atoms with Gasteiger partial charge in [-0.05, 0) is 30.5 Å². The largest absolute Gasteiger partial charge is 0.351 e. The summed E-state index contributed by atoms with van der Waals surface area (Å²) in [7, 11) is 0. The van der Waals surface area contributed by atoms with Crippen molar-refractivity contribution in [2.75, 3.05) is 6.54 Å². The topological polar surface area (TPSA) is 29.1 Å². The second-order valence-corrected chi connectivity index (χ2v) is 5.86. The quantitative estimate of drug-likeness (QED) is 0.827. The summed E-state index contributed by atoms with van der Waals surface area (Å²) in [6.45, 7) is 4.53. The zero-order chi connectivity index (χ0) is 13.7. The van der Waals surface area contributed by atoms with Crippen molar-refractivity contribution in [3.63, 3.8) is 0 Å². The fourth-order valence-corrected chi connectivity index (χ4v) is 2.47. The lowest BCUT2D eigenvalue weighted by molar-refractivity contribution is 0.0949. The van der Waals surface area contributed by atoms with Crippen LogP contribution in [0, 0.1) is 17.6 Å². The summed E-state index contributed by atoms with van der Waals surface area (Å²) in [5.41, 5.74) is -0.265. The first-order valence-electron chi connectivity index (χ1n) is 5.77. The molecule has 5 heteroatoms. The molecule has 0 aliphatic carbocycles. The van der Waals surface area contributed by atoms with Crippen LogP contribution in [-0.2, 0) is 0 Å². The Bertz CT molecular complexity index is 423. The highest BCUT2D eigenvalue weighted by Gasteiger charge is 2.14. The molecule has 0 heterocycles. The fraction of sp³-hybridized carbons (Fsp3) is 0.462. The Kier molecular flexibility index (Phi) is 5.72. The number of amides is 1. The fourth-order valence-electron chi connectivity index (χ4n) is 1.57. The standard InChI is InChI=1S/C13H16BrF2NO/c1-8(2)5-9(14)7-17-13(18)11-6-10(15)3-4-12(11)16/h3-4,6,8-9H,5,7H2,1-2H3,(H,17,18). The van der Waals surface area contributed by atoms with Gasteiger partial charge in [0, 0.05) is 11.4 Å². The van der Waals surface area contributed by atoms with Gasteiger partial charge < -0.3 is 5.32 Å². The Labute approximate surface area is 114 Å². The summed E-state index contributed by atoms with van der Waals surface area (Å²) in [4.78, 5) is 11.8. The van der Waals surface area contributed by atoms with Crippen molar-refractivity contribution in [1.29, 1.82) is 0 Å². The molecule has 0 aromatic heterocycles. The molecule has 0 aliphatic rings. The molecule has 1 amide bonds. The highest BCUT2D eigenvalue weighted by Crippen LogP contribution is 2.13. The number of carbonyl (C=O) groups is 1. The molecule has 2 nitrogen and oxygen atoms in total. The molecule has 0 saturated carbocycles. The number of hydrogen-bond acceptors (Lipinski definition) is 1. The minimum atomic E-state index is -0.719. The number of rotatable bonds is 5. The average molecular weight is 320 g/mol. The van der Waals surface area contributed by atoms with Crippen LogP contribution in [0.15, 0.2) is 18.2 Å². The van der Waals surface area contributed by atoms with Gasteiger partial charge in [-0.2, -0.15) is 0 Å². The van der Waals surface area contributed by atoms with Gasteiger partial charge >= 0.3 is 0 Å². The predicted molar refractivity (Wildman–Crippen MR) is 70.9 cm³/mol. The number of halogens is 3. The SMILES string of the molecule is CC(C)CC(Br)CNC(=O)c1cc(F)ccc1F. The molecular weight excluding hydrogens is 304 g/mol. The Balaban J connectivity index is 2.58. The van der Waals surface area contributed by atoms with Crippen LogP contribution in [-0.4, -0.2) is 17.3 Å². The zero-order valence-corrected chi connectivity index (χ0v) is 11.9. The van der Waals surface area contributed by atoms with E-state index in [9.17, 15) is 13.6 Å². The smallest absolute Gasteiger partial charge is 0.254 e. The number of nitrogens with one attached hydrogen (secondary N) is 1. The molecular formula is C13H16BrF2NO. The van der Waals surface area contributed by atoms with Crippen molar-refractivity contribution in [1.82, 2.24) is 5.32 Å². The monoisotopic (exact) mass is 319 g/mol. The third-order valence-electron chi connectivity index (χ3n) is 2.38. The lowest BCUT2D eigenvalue weighted by Gasteiger charge is -2.13. The molecule has 0 spiro atoms. The number of benzene rings is 1. The minimum Gasteiger partial charge on any atom is -0.351 e. The van der Waals surface area contributed by atoms with Crippen LogP contribution >= 0.6 is 15.9 Å². The van der Waals surface area contributed by atoms with Gasteiger partial charge in [0.25, 0.3) is 5.91 Å². The molecule has 100 valence electrons. The molecule has 1 aromatic rings. The molecule has 0 fully saturated rings. The Morgan fingerprint density at radius 1 is 1.39 bits per heavy atom. The van der Waals surface area contributed by atoms with Crippen LogP contribution in [0.2, 0.25) is 0 Å². The molecule has 1 rings (SSSR count). The average Bonchev–Trinajstić information content (AvgIpc) is 2.28. The predicted octanol–water partition coefficient (Wildman–Crippen LogP) is 3.50. The summed E-state index contributed by atoms with van der Waals surface area (Å²) < 4.78 is 26.2. The lowest BCUT2D eigenvalue weighted by atomic mass is 10.1. The van der Waals surface area contributed by atoms with E-state index in [1.165, 1.54) is 0 Å². The lowest BCUT2D eigenvalue weighted by Crippen LogP contribution is -2.30. The maximum absolute atomic E-state index is 13.3.